The molecule has 0 spiro atoms. The SMILES string of the molecule is CCCc1c(/C=N\NC(=O)c2cc(=O)n3ccsc3n2)c(OC)c2c(c1OC)OCO2. The van der Waals surface area contributed by atoms with E-state index in [1.54, 1.807) is 18.7 Å². The number of hydrogen-bond donors (Lipinski definition) is 1. The van der Waals surface area contributed by atoms with Gasteiger partial charge in [-0.05, 0) is 6.42 Å². The van der Waals surface area contributed by atoms with E-state index in [4.69, 9.17) is 18.9 Å². The molecule has 2 aromatic heterocycles. The van der Waals surface area contributed by atoms with Gasteiger partial charge >= 0.3 is 0 Å². The third-order valence-electron chi connectivity index (χ3n) is 4.67. The number of nitrogens with one attached hydrogen (secondary N) is 1. The van der Waals surface area contributed by atoms with Crippen molar-refractivity contribution in [2.45, 2.75) is 19.8 Å². The smallest absolute Gasteiger partial charge is 0.290 e. The standard InChI is InChI=1S/C20H20N4O6S/c1-4-5-11-12(16(28-3)18-17(15(11)27-2)29-10-30-18)9-21-23-19(26)13-8-14(25)24-6-7-31-20(24)22-13/h6-9H,4-5,10H2,1-3H3,(H,23,26)/b21-9-. The lowest BCUT2D eigenvalue weighted by Crippen LogP contribution is -2.23. The number of rotatable bonds is 7. The second-order valence-corrected chi connectivity index (χ2v) is 7.38. The molecule has 4 rings (SSSR count). The number of hydrogen-bond acceptors (Lipinski definition) is 9. The van der Waals surface area contributed by atoms with Crippen molar-refractivity contribution in [3.8, 4) is 23.0 Å². The first-order valence-electron chi connectivity index (χ1n) is 9.45. The van der Waals surface area contributed by atoms with Crippen molar-refractivity contribution in [3.63, 3.8) is 0 Å². The van der Waals surface area contributed by atoms with Crippen LogP contribution in [-0.4, -0.2) is 42.5 Å². The predicted molar refractivity (Wildman–Crippen MR) is 114 cm³/mol. The van der Waals surface area contributed by atoms with Gasteiger partial charge in [0.1, 0.15) is 5.69 Å². The van der Waals surface area contributed by atoms with Gasteiger partial charge in [-0.3, -0.25) is 14.0 Å². The van der Waals surface area contributed by atoms with Gasteiger partial charge in [-0.25, -0.2) is 10.4 Å². The minimum absolute atomic E-state index is 0.0198. The Balaban J connectivity index is 1.67. The van der Waals surface area contributed by atoms with E-state index in [0.717, 1.165) is 18.1 Å². The highest BCUT2D eigenvalue weighted by atomic mass is 32.1. The van der Waals surface area contributed by atoms with Crippen molar-refractivity contribution >= 4 is 28.4 Å². The highest BCUT2D eigenvalue weighted by Crippen LogP contribution is 2.51. The molecule has 162 valence electrons. The number of fused-ring (bicyclic) bond motifs is 2. The number of thiazole rings is 1. The van der Waals surface area contributed by atoms with Gasteiger partial charge in [0.25, 0.3) is 11.5 Å². The molecule has 3 heterocycles. The van der Waals surface area contributed by atoms with Gasteiger partial charge in [-0.1, -0.05) is 13.3 Å². The average molecular weight is 444 g/mol. The van der Waals surface area contributed by atoms with Crippen LogP contribution in [0.15, 0.2) is 27.5 Å². The van der Waals surface area contributed by atoms with Gasteiger partial charge in [0.2, 0.25) is 18.3 Å². The zero-order valence-electron chi connectivity index (χ0n) is 17.1. The van der Waals surface area contributed by atoms with Crippen molar-refractivity contribution < 1.29 is 23.7 Å². The van der Waals surface area contributed by atoms with Crippen LogP contribution in [0.5, 0.6) is 23.0 Å². The molecule has 31 heavy (non-hydrogen) atoms. The molecule has 0 unspecified atom stereocenters. The quantitative estimate of drug-likeness (QED) is 0.439. The fourth-order valence-electron chi connectivity index (χ4n) is 3.36. The lowest BCUT2D eigenvalue weighted by Gasteiger charge is -2.17. The molecule has 0 saturated carbocycles. The maximum absolute atomic E-state index is 12.5. The molecule has 0 atom stereocenters. The summed E-state index contributed by atoms with van der Waals surface area (Å²) in [4.78, 5) is 29.2. The molecule has 0 aliphatic carbocycles. The molecule has 10 nitrogen and oxygen atoms in total. The number of carbonyl (C=O) groups excluding carboxylic acids is 1. The lowest BCUT2D eigenvalue weighted by molar-refractivity contribution is 0.0950. The van der Waals surface area contributed by atoms with Crippen LogP contribution in [0.1, 0.15) is 35.0 Å². The van der Waals surface area contributed by atoms with Gasteiger partial charge in [0.05, 0.1) is 20.4 Å². The normalized spacial score (nSPS) is 12.5. The highest BCUT2D eigenvalue weighted by molar-refractivity contribution is 7.15. The van der Waals surface area contributed by atoms with Crippen LogP contribution in [0, 0.1) is 0 Å². The molecule has 1 aliphatic heterocycles. The van der Waals surface area contributed by atoms with E-state index in [0.29, 0.717) is 39.9 Å². The number of hydrazone groups is 1. The molecule has 11 heteroatoms. The Labute approximate surface area is 181 Å². The van der Waals surface area contributed by atoms with Crippen LogP contribution in [0.25, 0.3) is 4.96 Å². The predicted octanol–water partition coefficient (Wildman–Crippen LogP) is 2.22. The van der Waals surface area contributed by atoms with Gasteiger partial charge < -0.3 is 18.9 Å². The number of amides is 1. The zero-order valence-corrected chi connectivity index (χ0v) is 17.9. The zero-order chi connectivity index (χ0) is 22.0. The van der Waals surface area contributed by atoms with Crippen LogP contribution in [0.3, 0.4) is 0 Å². The van der Waals surface area contributed by atoms with Gasteiger partial charge in [0, 0.05) is 28.8 Å². The summed E-state index contributed by atoms with van der Waals surface area (Å²) in [5.74, 6) is 1.28. The number of ether oxygens (including phenoxy) is 4. The molecule has 1 N–H and O–H groups in total. The fourth-order valence-corrected chi connectivity index (χ4v) is 4.08. The summed E-state index contributed by atoms with van der Waals surface area (Å²) >= 11 is 1.26. The molecule has 3 aromatic rings. The van der Waals surface area contributed by atoms with Crippen molar-refractivity contribution in [2.75, 3.05) is 21.0 Å². The Morgan fingerprint density at radius 3 is 2.77 bits per heavy atom. The third-order valence-corrected chi connectivity index (χ3v) is 5.43. The second-order valence-electron chi connectivity index (χ2n) is 6.51. The molecular formula is C20H20N4O6S. The maximum Gasteiger partial charge on any atom is 0.290 e. The number of benzene rings is 1. The van der Waals surface area contributed by atoms with Crippen molar-refractivity contribution in [1.29, 1.82) is 0 Å². The lowest BCUT2D eigenvalue weighted by atomic mass is 10.00. The summed E-state index contributed by atoms with van der Waals surface area (Å²) in [6, 6.07) is 1.16. The van der Waals surface area contributed by atoms with E-state index in [2.05, 4.69) is 15.5 Å². The second kappa shape index (κ2) is 8.64. The van der Waals surface area contributed by atoms with Crippen molar-refractivity contribution in [3.05, 3.63) is 44.8 Å². The topological polar surface area (TPSA) is 113 Å². The minimum atomic E-state index is -0.604. The van der Waals surface area contributed by atoms with Crippen LogP contribution >= 0.6 is 11.3 Å². The van der Waals surface area contributed by atoms with Crippen LogP contribution in [0.2, 0.25) is 0 Å². The Morgan fingerprint density at radius 2 is 2.06 bits per heavy atom. The Hall–Kier alpha value is -3.60. The van der Waals surface area contributed by atoms with Crippen molar-refractivity contribution in [1.82, 2.24) is 14.8 Å². The van der Waals surface area contributed by atoms with Gasteiger partial charge in [-0.2, -0.15) is 5.10 Å². The average Bonchev–Trinajstić information content (AvgIpc) is 3.43. The third kappa shape index (κ3) is 3.67. The molecule has 0 radical (unpaired) electrons. The summed E-state index contributed by atoms with van der Waals surface area (Å²) < 4.78 is 23.6. The fraction of sp³-hybridized carbons (Fsp3) is 0.300. The molecule has 0 saturated heterocycles. The molecule has 0 fully saturated rings. The minimum Gasteiger partial charge on any atom is -0.492 e. The first kappa shape index (κ1) is 20.7. The molecule has 0 bridgehead atoms. The number of aromatic nitrogens is 2. The van der Waals surface area contributed by atoms with Gasteiger partial charge in [0.15, 0.2) is 16.5 Å². The summed E-state index contributed by atoms with van der Waals surface area (Å²) in [5, 5.41) is 5.79. The Kier molecular flexibility index (Phi) is 5.76. The van der Waals surface area contributed by atoms with E-state index < -0.39 is 5.91 Å². The van der Waals surface area contributed by atoms with Crippen LogP contribution in [0.4, 0.5) is 0 Å². The summed E-state index contributed by atoms with van der Waals surface area (Å²) in [6.07, 6.45) is 4.56. The van der Waals surface area contributed by atoms with Gasteiger partial charge in [-0.15, -0.1) is 11.3 Å². The van der Waals surface area contributed by atoms with Crippen LogP contribution < -0.4 is 29.9 Å². The Bertz CT molecular complexity index is 1230. The number of nitrogens with zero attached hydrogens (tertiary/aromatic N) is 3. The van der Waals surface area contributed by atoms with Crippen molar-refractivity contribution in [2.24, 2.45) is 5.10 Å². The number of methoxy groups -OCH3 is 2. The van der Waals surface area contributed by atoms with E-state index >= 15 is 0 Å². The summed E-state index contributed by atoms with van der Waals surface area (Å²) in [6.45, 7) is 2.08. The largest absolute Gasteiger partial charge is 0.492 e. The van der Waals surface area contributed by atoms with E-state index in [1.807, 2.05) is 6.92 Å². The molecule has 1 aromatic carbocycles. The van der Waals surface area contributed by atoms with E-state index in [9.17, 15) is 9.59 Å². The first-order chi connectivity index (χ1) is 15.1. The first-order valence-corrected chi connectivity index (χ1v) is 10.3. The van der Waals surface area contributed by atoms with Crippen LogP contribution in [-0.2, 0) is 6.42 Å². The molecule has 1 amide bonds. The molecular weight excluding hydrogens is 424 g/mol. The number of carbonyl (C=O) groups is 1. The highest BCUT2D eigenvalue weighted by Gasteiger charge is 2.30. The van der Waals surface area contributed by atoms with E-state index in [-0.39, 0.29) is 18.0 Å². The summed E-state index contributed by atoms with van der Waals surface area (Å²) in [7, 11) is 3.07. The Morgan fingerprint density at radius 1 is 1.32 bits per heavy atom. The maximum atomic E-state index is 12.5. The monoisotopic (exact) mass is 444 g/mol. The van der Waals surface area contributed by atoms with E-state index in [1.165, 1.54) is 29.1 Å². The summed E-state index contributed by atoms with van der Waals surface area (Å²) in [5.41, 5.74) is 3.48. The molecule has 1 aliphatic rings.